The maximum absolute atomic E-state index is 9.72. The summed E-state index contributed by atoms with van der Waals surface area (Å²) in [5, 5.41) is 12.8. The van der Waals surface area contributed by atoms with Crippen molar-refractivity contribution in [3.8, 4) is 5.75 Å². The fourth-order valence-electron chi connectivity index (χ4n) is 2.63. The van der Waals surface area contributed by atoms with Crippen molar-refractivity contribution in [3.63, 3.8) is 0 Å². The molecule has 0 spiro atoms. The highest BCUT2D eigenvalue weighted by Crippen LogP contribution is 2.34. The molecule has 2 rings (SSSR count). The van der Waals surface area contributed by atoms with Crippen LogP contribution in [0.3, 0.4) is 0 Å². The van der Waals surface area contributed by atoms with E-state index >= 15 is 0 Å². The van der Waals surface area contributed by atoms with E-state index in [1.54, 1.807) is 0 Å². The Kier molecular flexibility index (Phi) is 3.83. The SMILES string of the molecule is CNCc1cc(C2CCCCC2)ccc1O. The zero-order valence-corrected chi connectivity index (χ0v) is 10.00. The molecule has 1 aliphatic carbocycles. The first-order valence-corrected chi connectivity index (χ1v) is 6.27. The van der Waals surface area contributed by atoms with Crippen LogP contribution in [0.1, 0.15) is 49.1 Å². The summed E-state index contributed by atoms with van der Waals surface area (Å²) in [6.45, 7) is 0.742. The smallest absolute Gasteiger partial charge is 0.120 e. The van der Waals surface area contributed by atoms with Crippen LogP contribution in [0.4, 0.5) is 0 Å². The average molecular weight is 219 g/mol. The molecule has 0 bridgehead atoms. The summed E-state index contributed by atoms with van der Waals surface area (Å²) < 4.78 is 0. The summed E-state index contributed by atoms with van der Waals surface area (Å²) >= 11 is 0. The van der Waals surface area contributed by atoms with Crippen molar-refractivity contribution >= 4 is 0 Å². The molecule has 0 radical (unpaired) electrons. The van der Waals surface area contributed by atoms with Crippen molar-refractivity contribution in [3.05, 3.63) is 29.3 Å². The Morgan fingerprint density at radius 1 is 1.25 bits per heavy atom. The maximum Gasteiger partial charge on any atom is 0.120 e. The molecule has 1 aromatic rings. The molecule has 1 aromatic carbocycles. The summed E-state index contributed by atoms with van der Waals surface area (Å²) in [5.41, 5.74) is 2.42. The predicted molar refractivity (Wildman–Crippen MR) is 66.7 cm³/mol. The van der Waals surface area contributed by atoms with E-state index in [0.29, 0.717) is 11.7 Å². The van der Waals surface area contributed by atoms with Crippen LogP contribution in [0.2, 0.25) is 0 Å². The Hall–Kier alpha value is -1.02. The molecule has 0 aliphatic heterocycles. The number of phenolic OH excluding ortho intramolecular Hbond substituents is 1. The molecule has 0 aromatic heterocycles. The van der Waals surface area contributed by atoms with Gasteiger partial charge in [-0.2, -0.15) is 0 Å². The third-order valence-corrected chi connectivity index (χ3v) is 3.55. The van der Waals surface area contributed by atoms with Crippen molar-refractivity contribution in [2.45, 2.75) is 44.6 Å². The highest BCUT2D eigenvalue weighted by atomic mass is 16.3. The lowest BCUT2D eigenvalue weighted by Gasteiger charge is -2.22. The summed E-state index contributed by atoms with van der Waals surface area (Å²) in [6.07, 6.45) is 6.71. The first-order valence-electron chi connectivity index (χ1n) is 6.27. The Labute approximate surface area is 97.7 Å². The zero-order chi connectivity index (χ0) is 11.4. The van der Waals surface area contributed by atoms with Crippen LogP contribution in [0.5, 0.6) is 5.75 Å². The van der Waals surface area contributed by atoms with Gasteiger partial charge in [-0.25, -0.2) is 0 Å². The van der Waals surface area contributed by atoms with E-state index in [0.717, 1.165) is 12.1 Å². The lowest BCUT2D eigenvalue weighted by atomic mass is 9.83. The molecular formula is C14H21NO. The molecule has 2 nitrogen and oxygen atoms in total. The third-order valence-electron chi connectivity index (χ3n) is 3.55. The fourth-order valence-corrected chi connectivity index (χ4v) is 2.63. The quantitative estimate of drug-likeness (QED) is 0.818. The van der Waals surface area contributed by atoms with Gasteiger partial charge >= 0.3 is 0 Å². The summed E-state index contributed by atoms with van der Waals surface area (Å²) in [5.74, 6) is 1.12. The molecule has 1 aliphatic rings. The summed E-state index contributed by atoms with van der Waals surface area (Å²) in [7, 11) is 1.91. The second kappa shape index (κ2) is 5.35. The van der Waals surface area contributed by atoms with Gasteiger partial charge in [-0.15, -0.1) is 0 Å². The van der Waals surface area contributed by atoms with Gasteiger partial charge in [0.25, 0.3) is 0 Å². The number of benzene rings is 1. The number of rotatable bonds is 3. The molecule has 0 atom stereocenters. The second-order valence-electron chi connectivity index (χ2n) is 4.75. The Bertz CT molecular complexity index is 343. The topological polar surface area (TPSA) is 32.3 Å². The largest absolute Gasteiger partial charge is 0.508 e. The normalized spacial score (nSPS) is 17.6. The molecule has 0 unspecified atom stereocenters. The van der Waals surface area contributed by atoms with Gasteiger partial charge in [-0.05, 0) is 37.4 Å². The van der Waals surface area contributed by atoms with Crippen LogP contribution in [-0.4, -0.2) is 12.2 Å². The van der Waals surface area contributed by atoms with Gasteiger partial charge in [0.05, 0.1) is 0 Å². The van der Waals surface area contributed by atoms with Gasteiger partial charge in [-0.3, -0.25) is 0 Å². The van der Waals surface area contributed by atoms with Gasteiger partial charge in [0.15, 0.2) is 0 Å². The van der Waals surface area contributed by atoms with Gasteiger partial charge in [0, 0.05) is 12.1 Å². The van der Waals surface area contributed by atoms with Crippen LogP contribution < -0.4 is 5.32 Å². The van der Waals surface area contributed by atoms with Crippen LogP contribution in [0, 0.1) is 0 Å². The highest BCUT2D eigenvalue weighted by molar-refractivity contribution is 5.37. The molecular weight excluding hydrogens is 198 g/mol. The van der Waals surface area contributed by atoms with Gasteiger partial charge in [0.1, 0.15) is 5.75 Å². The minimum atomic E-state index is 0.411. The zero-order valence-electron chi connectivity index (χ0n) is 10.00. The number of aromatic hydroxyl groups is 1. The molecule has 1 saturated carbocycles. The fraction of sp³-hybridized carbons (Fsp3) is 0.571. The van der Waals surface area contributed by atoms with Crippen molar-refractivity contribution in [2.75, 3.05) is 7.05 Å². The summed E-state index contributed by atoms with van der Waals surface area (Å²) in [4.78, 5) is 0. The summed E-state index contributed by atoms with van der Waals surface area (Å²) in [6, 6.07) is 6.10. The van der Waals surface area contributed by atoms with E-state index in [-0.39, 0.29) is 0 Å². The number of nitrogens with one attached hydrogen (secondary N) is 1. The Balaban J connectivity index is 2.17. The number of phenols is 1. The van der Waals surface area contributed by atoms with E-state index in [9.17, 15) is 5.11 Å². The first-order chi connectivity index (χ1) is 7.81. The standard InChI is InChI=1S/C14H21NO/c1-15-10-13-9-12(7-8-14(13)16)11-5-3-2-4-6-11/h7-9,11,15-16H,2-6,10H2,1H3. The number of hydrogen-bond donors (Lipinski definition) is 2. The van der Waals surface area contributed by atoms with Crippen LogP contribution in [-0.2, 0) is 6.54 Å². The van der Waals surface area contributed by atoms with Gasteiger partial charge in [-0.1, -0.05) is 31.4 Å². The molecule has 1 fully saturated rings. The molecule has 0 heterocycles. The Morgan fingerprint density at radius 2 is 2.00 bits per heavy atom. The van der Waals surface area contributed by atoms with E-state index in [4.69, 9.17) is 0 Å². The van der Waals surface area contributed by atoms with Crippen LogP contribution in [0.25, 0.3) is 0 Å². The predicted octanol–water partition coefficient (Wildman–Crippen LogP) is 3.16. The van der Waals surface area contributed by atoms with E-state index in [1.807, 2.05) is 13.1 Å². The molecule has 2 N–H and O–H groups in total. The highest BCUT2D eigenvalue weighted by Gasteiger charge is 2.16. The van der Waals surface area contributed by atoms with Crippen molar-refractivity contribution < 1.29 is 5.11 Å². The van der Waals surface area contributed by atoms with Crippen molar-refractivity contribution in [1.82, 2.24) is 5.32 Å². The van der Waals surface area contributed by atoms with E-state index in [1.165, 1.54) is 37.7 Å². The minimum Gasteiger partial charge on any atom is -0.508 e. The van der Waals surface area contributed by atoms with E-state index < -0.39 is 0 Å². The Morgan fingerprint density at radius 3 is 2.69 bits per heavy atom. The molecule has 88 valence electrons. The first kappa shape index (κ1) is 11.5. The third kappa shape index (κ3) is 2.56. The average Bonchev–Trinajstić information content (AvgIpc) is 2.33. The molecule has 0 saturated heterocycles. The molecule has 2 heteroatoms. The lowest BCUT2D eigenvalue weighted by molar-refractivity contribution is 0.440. The van der Waals surface area contributed by atoms with Gasteiger partial charge < -0.3 is 10.4 Å². The van der Waals surface area contributed by atoms with Crippen molar-refractivity contribution in [1.29, 1.82) is 0 Å². The lowest BCUT2D eigenvalue weighted by Crippen LogP contribution is -2.08. The van der Waals surface area contributed by atoms with Crippen molar-refractivity contribution in [2.24, 2.45) is 0 Å². The van der Waals surface area contributed by atoms with Gasteiger partial charge in [0.2, 0.25) is 0 Å². The monoisotopic (exact) mass is 219 g/mol. The van der Waals surface area contributed by atoms with E-state index in [2.05, 4.69) is 17.4 Å². The minimum absolute atomic E-state index is 0.411. The molecule has 16 heavy (non-hydrogen) atoms. The second-order valence-corrected chi connectivity index (χ2v) is 4.75. The van der Waals surface area contributed by atoms with Crippen LogP contribution >= 0.6 is 0 Å². The number of hydrogen-bond acceptors (Lipinski definition) is 2. The van der Waals surface area contributed by atoms with Crippen LogP contribution in [0.15, 0.2) is 18.2 Å². The maximum atomic E-state index is 9.72. The molecule has 0 amide bonds.